The summed E-state index contributed by atoms with van der Waals surface area (Å²) >= 11 is 0. The molecule has 0 atom stereocenters. The van der Waals surface area contributed by atoms with E-state index in [9.17, 15) is 14.9 Å². The fourth-order valence-corrected chi connectivity index (χ4v) is 3.22. The van der Waals surface area contributed by atoms with E-state index in [2.05, 4.69) is 11.4 Å². The van der Waals surface area contributed by atoms with Crippen LogP contribution in [0.2, 0.25) is 0 Å². The summed E-state index contributed by atoms with van der Waals surface area (Å²) in [6.07, 6.45) is 5.24. The third-order valence-corrected chi connectivity index (χ3v) is 4.68. The molecule has 1 heterocycles. The molecule has 1 saturated carbocycles. The third kappa shape index (κ3) is 2.39. The molecule has 20 heavy (non-hydrogen) atoms. The van der Waals surface area contributed by atoms with Gasteiger partial charge in [-0.1, -0.05) is 25.7 Å². The van der Waals surface area contributed by atoms with Crippen LogP contribution in [-0.2, 0) is 9.59 Å². The highest BCUT2D eigenvalue weighted by molar-refractivity contribution is 5.94. The highest BCUT2D eigenvalue weighted by atomic mass is 16.2. The summed E-state index contributed by atoms with van der Waals surface area (Å²) < 4.78 is 0. The van der Waals surface area contributed by atoms with Crippen molar-refractivity contribution in [3.05, 3.63) is 0 Å². The maximum absolute atomic E-state index is 12.9. The Hall–Kier alpha value is -1.57. The molecule has 1 aliphatic heterocycles. The van der Waals surface area contributed by atoms with E-state index in [0.29, 0.717) is 25.9 Å². The van der Waals surface area contributed by atoms with E-state index in [1.807, 2.05) is 0 Å². The summed E-state index contributed by atoms with van der Waals surface area (Å²) in [6.45, 7) is 4.46. The van der Waals surface area contributed by atoms with E-state index in [0.717, 1.165) is 25.7 Å². The third-order valence-electron chi connectivity index (χ3n) is 4.68. The molecule has 1 aliphatic carbocycles. The van der Waals surface area contributed by atoms with E-state index in [-0.39, 0.29) is 11.8 Å². The van der Waals surface area contributed by atoms with Crippen LogP contribution in [-0.4, -0.2) is 35.3 Å². The molecule has 0 bridgehead atoms. The average Bonchev–Trinajstić information content (AvgIpc) is 2.67. The molecule has 2 aliphatic rings. The van der Waals surface area contributed by atoms with Gasteiger partial charge < -0.3 is 10.2 Å². The maximum atomic E-state index is 12.9. The second-order valence-corrected chi connectivity index (χ2v) is 6.38. The zero-order valence-electron chi connectivity index (χ0n) is 12.4. The fraction of sp³-hybridized carbons (Fsp3) is 0.800. The molecule has 0 spiro atoms. The quantitative estimate of drug-likeness (QED) is 0.740. The van der Waals surface area contributed by atoms with Crippen LogP contribution >= 0.6 is 0 Å². The number of hydrogen-bond donors (Lipinski definition) is 1. The Morgan fingerprint density at radius 2 is 1.85 bits per heavy atom. The number of carbonyl (C=O) groups excluding carboxylic acids is 2. The molecule has 0 radical (unpaired) electrons. The molecule has 5 nitrogen and oxygen atoms in total. The van der Waals surface area contributed by atoms with Gasteiger partial charge in [0.25, 0.3) is 0 Å². The monoisotopic (exact) mass is 277 g/mol. The van der Waals surface area contributed by atoms with Crippen LogP contribution < -0.4 is 5.32 Å². The summed E-state index contributed by atoms with van der Waals surface area (Å²) in [6, 6.07) is 2.28. The normalized spacial score (nSPS) is 25.2. The Bertz CT molecular complexity index is 443. The number of nitriles is 1. The maximum Gasteiger partial charge on any atom is 0.245 e. The first-order valence-electron chi connectivity index (χ1n) is 7.46. The van der Waals surface area contributed by atoms with E-state index in [1.165, 1.54) is 0 Å². The predicted molar refractivity (Wildman–Crippen MR) is 74.5 cm³/mol. The summed E-state index contributed by atoms with van der Waals surface area (Å²) in [5.41, 5.74) is -1.79. The van der Waals surface area contributed by atoms with E-state index >= 15 is 0 Å². The van der Waals surface area contributed by atoms with Gasteiger partial charge in [-0.05, 0) is 26.7 Å². The van der Waals surface area contributed by atoms with Gasteiger partial charge in [0.2, 0.25) is 11.8 Å². The molecule has 2 amide bonds. The Labute approximate surface area is 120 Å². The Kier molecular flexibility index (Phi) is 4.03. The van der Waals surface area contributed by atoms with Crippen LogP contribution in [0.25, 0.3) is 0 Å². The number of hydrogen-bond acceptors (Lipinski definition) is 3. The molecule has 0 aromatic carbocycles. The second-order valence-electron chi connectivity index (χ2n) is 6.38. The first-order chi connectivity index (χ1) is 9.44. The first-order valence-corrected chi connectivity index (χ1v) is 7.46. The van der Waals surface area contributed by atoms with Crippen LogP contribution in [0.3, 0.4) is 0 Å². The van der Waals surface area contributed by atoms with Crippen molar-refractivity contribution in [3.8, 4) is 6.07 Å². The van der Waals surface area contributed by atoms with Crippen molar-refractivity contribution in [2.75, 3.05) is 13.1 Å². The second kappa shape index (κ2) is 5.43. The lowest BCUT2D eigenvalue weighted by Crippen LogP contribution is -2.65. The molecule has 1 saturated heterocycles. The van der Waals surface area contributed by atoms with Gasteiger partial charge >= 0.3 is 0 Å². The van der Waals surface area contributed by atoms with Crippen molar-refractivity contribution < 1.29 is 9.59 Å². The average molecular weight is 277 g/mol. The van der Waals surface area contributed by atoms with Crippen molar-refractivity contribution in [1.82, 2.24) is 10.2 Å². The summed E-state index contributed by atoms with van der Waals surface area (Å²) in [4.78, 5) is 26.5. The minimum absolute atomic E-state index is 0.140. The highest BCUT2D eigenvalue weighted by Gasteiger charge is 2.48. The standard InChI is InChI=1S/C15H23N3O2/c1-14(2)12(19)17-9-10-18(14)13(20)15(11-16)7-5-3-4-6-8-15/h3-10H2,1-2H3,(H,17,19). The van der Waals surface area contributed by atoms with Gasteiger partial charge in [0, 0.05) is 13.1 Å². The highest BCUT2D eigenvalue weighted by Crippen LogP contribution is 2.38. The summed E-state index contributed by atoms with van der Waals surface area (Å²) in [5.74, 6) is -0.291. The first kappa shape index (κ1) is 14.8. The number of carbonyl (C=O) groups is 2. The van der Waals surface area contributed by atoms with Gasteiger partial charge in [0.1, 0.15) is 11.0 Å². The summed E-state index contributed by atoms with van der Waals surface area (Å²) in [5, 5.41) is 12.4. The van der Waals surface area contributed by atoms with Crippen LogP contribution in [0.4, 0.5) is 0 Å². The molecule has 2 rings (SSSR count). The number of piperazine rings is 1. The zero-order valence-corrected chi connectivity index (χ0v) is 12.4. The minimum atomic E-state index is -0.925. The van der Waals surface area contributed by atoms with Crippen molar-refractivity contribution in [2.24, 2.45) is 5.41 Å². The van der Waals surface area contributed by atoms with Gasteiger partial charge in [0.15, 0.2) is 0 Å². The van der Waals surface area contributed by atoms with Crippen molar-refractivity contribution >= 4 is 11.8 Å². The fourth-order valence-electron chi connectivity index (χ4n) is 3.22. The lowest BCUT2D eigenvalue weighted by atomic mass is 9.79. The number of rotatable bonds is 1. The van der Waals surface area contributed by atoms with Crippen LogP contribution in [0.5, 0.6) is 0 Å². The summed E-state index contributed by atoms with van der Waals surface area (Å²) in [7, 11) is 0. The molecule has 0 aromatic rings. The molecule has 1 N–H and O–H groups in total. The molecule has 0 aromatic heterocycles. The molecule has 110 valence electrons. The van der Waals surface area contributed by atoms with Crippen molar-refractivity contribution in [3.63, 3.8) is 0 Å². The molecular formula is C15H23N3O2. The van der Waals surface area contributed by atoms with Gasteiger partial charge in [-0.3, -0.25) is 9.59 Å². The lowest BCUT2D eigenvalue weighted by molar-refractivity contribution is -0.155. The zero-order chi connectivity index (χ0) is 14.8. The van der Waals surface area contributed by atoms with Gasteiger partial charge in [-0.2, -0.15) is 5.26 Å². The largest absolute Gasteiger partial charge is 0.352 e. The smallest absolute Gasteiger partial charge is 0.245 e. The SMILES string of the molecule is CC1(C)C(=O)NCCN1C(=O)C1(C#N)CCCCCC1. The van der Waals surface area contributed by atoms with Gasteiger partial charge in [-0.15, -0.1) is 0 Å². The molecule has 5 heteroatoms. The van der Waals surface area contributed by atoms with Crippen LogP contribution in [0.15, 0.2) is 0 Å². The molecular weight excluding hydrogens is 254 g/mol. The van der Waals surface area contributed by atoms with E-state index in [1.54, 1.807) is 18.7 Å². The molecule has 0 unspecified atom stereocenters. The van der Waals surface area contributed by atoms with Crippen molar-refractivity contribution in [2.45, 2.75) is 57.9 Å². The van der Waals surface area contributed by atoms with Crippen LogP contribution in [0.1, 0.15) is 52.4 Å². The Morgan fingerprint density at radius 1 is 1.25 bits per heavy atom. The Morgan fingerprint density at radius 3 is 2.40 bits per heavy atom. The van der Waals surface area contributed by atoms with E-state index < -0.39 is 11.0 Å². The molecule has 2 fully saturated rings. The van der Waals surface area contributed by atoms with Crippen LogP contribution in [0, 0.1) is 16.7 Å². The topological polar surface area (TPSA) is 73.2 Å². The van der Waals surface area contributed by atoms with Gasteiger partial charge in [0.05, 0.1) is 6.07 Å². The lowest BCUT2D eigenvalue weighted by Gasteiger charge is -2.44. The predicted octanol–water partition coefficient (Wildman–Crippen LogP) is 1.59. The number of amides is 2. The number of nitrogens with one attached hydrogen (secondary N) is 1. The number of nitrogens with zero attached hydrogens (tertiary/aromatic N) is 2. The van der Waals surface area contributed by atoms with Gasteiger partial charge in [-0.25, -0.2) is 0 Å². The van der Waals surface area contributed by atoms with Crippen molar-refractivity contribution in [1.29, 1.82) is 5.26 Å². The Balaban J connectivity index is 2.28. The minimum Gasteiger partial charge on any atom is -0.352 e. The van der Waals surface area contributed by atoms with E-state index in [4.69, 9.17) is 0 Å².